The highest BCUT2D eigenvalue weighted by molar-refractivity contribution is 6.06. The molecular weight excluding hydrogens is 354 g/mol. The predicted octanol–water partition coefficient (Wildman–Crippen LogP) is 3.72. The van der Waals surface area contributed by atoms with E-state index in [1.807, 2.05) is 25.1 Å². The Morgan fingerprint density at radius 3 is 2.61 bits per heavy atom. The van der Waals surface area contributed by atoms with E-state index in [1.54, 1.807) is 29.2 Å². The van der Waals surface area contributed by atoms with Gasteiger partial charge in [-0.1, -0.05) is 12.1 Å². The van der Waals surface area contributed by atoms with Crippen LogP contribution in [0.3, 0.4) is 0 Å². The summed E-state index contributed by atoms with van der Waals surface area (Å²) >= 11 is 0. The molecule has 6 heteroatoms. The first-order valence-electron chi connectivity index (χ1n) is 9.64. The van der Waals surface area contributed by atoms with Crippen molar-refractivity contribution in [3.05, 3.63) is 53.6 Å². The molecule has 28 heavy (non-hydrogen) atoms. The van der Waals surface area contributed by atoms with Gasteiger partial charge < -0.3 is 15.5 Å². The molecule has 4 rings (SSSR count). The lowest BCUT2D eigenvalue weighted by molar-refractivity contribution is -0.118. The van der Waals surface area contributed by atoms with Crippen LogP contribution in [0.4, 0.5) is 17.1 Å². The molecule has 2 N–H and O–H groups in total. The molecule has 1 aliphatic carbocycles. The highest BCUT2D eigenvalue weighted by Gasteiger charge is 2.29. The van der Waals surface area contributed by atoms with Gasteiger partial charge in [-0.15, -0.1) is 0 Å². The number of amides is 3. The molecule has 1 aliphatic heterocycles. The maximum Gasteiger partial charge on any atom is 0.255 e. The maximum atomic E-state index is 12.8. The molecule has 2 aromatic rings. The third-order valence-corrected chi connectivity index (χ3v) is 5.19. The summed E-state index contributed by atoms with van der Waals surface area (Å²) in [4.78, 5) is 38.4. The molecule has 1 saturated heterocycles. The lowest BCUT2D eigenvalue weighted by Gasteiger charge is -2.17. The van der Waals surface area contributed by atoms with Crippen LogP contribution < -0.4 is 15.5 Å². The number of aryl methyl sites for hydroxylation is 1. The number of carbonyl (C=O) groups is 3. The molecule has 144 valence electrons. The van der Waals surface area contributed by atoms with Crippen LogP contribution in [0.5, 0.6) is 0 Å². The fourth-order valence-electron chi connectivity index (χ4n) is 3.35. The topological polar surface area (TPSA) is 78.5 Å². The van der Waals surface area contributed by atoms with Crippen molar-refractivity contribution in [2.24, 2.45) is 5.92 Å². The molecule has 2 fully saturated rings. The first-order valence-corrected chi connectivity index (χ1v) is 9.64. The first kappa shape index (κ1) is 18.2. The summed E-state index contributed by atoms with van der Waals surface area (Å²) in [5, 5.41) is 5.82. The van der Waals surface area contributed by atoms with Gasteiger partial charge in [0.1, 0.15) is 0 Å². The highest BCUT2D eigenvalue weighted by Crippen LogP contribution is 2.31. The van der Waals surface area contributed by atoms with Crippen LogP contribution in [0.15, 0.2) is 42.5 Å². The van der Waals surface area contributed by atoms with Crippen molar-refractivity contribution in [2.45, 2.75) is 32.6 Å². The van der Waals surface area contributed by atoms with Gasteiger partial charge in [0.15, 0.2) is 0 Å². The van der Waals surface area contributed by atoms with E-state index >= 15 is 0 Å². The Morgan fingerprint density at radius 2 is 1.89 bits per heavy atom. The maximum absolute atomic E-state index is 12.8. The molecule has 0 radical (unpaired) electrons. The molecule has 1 heterocycles. The highest BCUT2D eigenvalue weighted by atomic mass is 16.2. The summed E-state index contributed by atoms with van der Waals surface area (Å²) in [5.41, 5.74) is 3.47. The van der Waals surface area contributed by atoms with Crippen LogP contribution in [-0.2, 0) is 9.59 Å². The summed E-state index contributed by atoms with van der Waals surface area (Å²) in [6.07, 6.45) is 3.27. The van der Waals surface area contributed by atoms with E-state index in [-0.39, 0.29) is 23.6 Å². The zero-order valence-corrected chi connectivity index (χ0v) is 15.8. The van der Waals surface area contributed by atoms with Crippen molar-refractivity contribution in [3.63, 3.8) is 0 Å². The van der Waals surface area contributed by atoms with Gasteiger partial charge in [-0.05, 0) is 62.1 Å². The molecule has 0 atom stereocenters. The quantitative estimate of drug-likeness (QED) is 0.833. The van der Waals surface area contributed by atoms with Crippen LogP contribution in [0.2, 0.25) is 0 Å². The lowest BCUT2D eigenvalue weighted by atomic mass is 10.1. The largest absolute Gasteiger partial charge is 0.326 e. The molecule has 6 nitrogen and oxygen atoms in total. The molecule has 0 unspecified atom stereocenters. The van der Waals surface area contributed by atoms with Gasteiger partial charge in [-0.25, -0.2) is 0 Å². The van der Waals surface area contributed by atoms with E-state index in [0.29, 0.717) is 29.9 Å². The van der Waals surface area contributed by atoms with E-state index < -0.39 is 0 Å². The van der Waals surface area contributed by atoms with Crippen LogP contribution >= 0.6 is 0 Å². The molecular formula is C22H23N3O3. The smallest absolute Gasteiger partial charge is 0.255 e. The molecule has 2 aromatic carbocycles. The molecule has 3 amide bonds. The lowest BCUT2D eigenvalue weighted by Crippen LogP contribution is -2.24. The Bertz CT molecular complexity index is 950. The van der Waals surface area contributed by atoms with Gasteiger partial charge in [0.25, 0.3) is 5.91 Å². The van der Waals surface area contributed by atoms with E-state index in [1.165, 1.54) is 0 Å². The van der Waals surface area contributed by atoms with Crippen molar-refractivity contribution < 1.29 is 14.4 Å². The zero-order chi connectivity index (χ0) is 19.7. The summed E-state index contributed by atoms with van der Waals surface area (Å²) in [6, 6.07) is 12.6. The molecule has 2 aliphatic rings. The number of nitrogens with one attached hydrogen (secondary N) is 2. The second-order valence-corrected chi connectivity index (χ2v) is 7.45. The van der Waals surface area contributed by atoms with E-state index in [2.05, 4.69) is 10.6 Å². The number of benzene rings is 2. The summed E-state index contributed by atoms with van der Waals surface area (Å²) in [7, 11) is 0. The van der Waals surface area contributed by atoms with Gasteiger partial charge in [0.2, 0.25) is 11.8 Å². The van der Waals surface area contributed by atoms with E-state index in [0.717, 1.165) is 30.5 Å². The Morgan fingerprint density at radius 1 is 1.07 bits per heavy atom. The number of hydrogen-bond donors (Lipinski definition) is 2. The monoisotopic (exact) mass is 377 g/mol. The SMILES string of the molecule is Cc1ccc(NC(=O)C2CC2)cc1NC(=O)c1cccc(N2CCCC2=O)c1. The van der Waals surface area contributed by atoms with Crippen LogP contribution in [0.25, 0.3) is 0 Å². The second kappa shape index (κ2) is 7.46. The van der Waals surface area contributed by atoms with Crippen LogP contribution in [0.1, 0.15) is 41.6 Å². The average molecular weight is 377 g/mol. The molecule has 0 spiro atoms. The summed E-state index contributed by atoms with van der Waals surface area (Å²) in [6.45, 7) is 2.59. The Hall–Kier alpha value is -3.15. The first-order chi connectivity index (χ1) is 13.5. The number of carbonyl (C=O) groups excluding carboxylic acids is 3. The van der Waals surface area contributed by atoms with Gasteiger partial charge in [-0.2, -0.15) is 0 Å². The predicted molar refractivity (Wildman–Crippen MR) is 109 cm³/mol. The second-order valence-electron chi connectivity index (χ2n) is 7.45. The van der Waals surface area contributed by atoms with Crippen molar-refractivity contribution >= 4 is 34.8 Å². The Labute approximate surface area is 163 Å². The minimum Gasteiger partial charge on any atom is -0.326 e. The standard InChI is InChI=1S/C22H23N3O3/c1-14-7-10-17(23-21(27)15-8-9-15)13-19(14)24-22(28)16-4-2-5-18(12-16)25-11-3-6-20(25)26/h2,4-5,7,10,12-13,15H,3,6,8-9,11H2,1H3,(H,23,27)(H,24,28). The van der Waals surface area contributed by atoms with Crippen molar-refractivity contribution in [1.29, 1.82) is 0 Å². The fourth-order valence-corrected chi connectivity index (χ4v) is 3.35. The Balaban J connectivity index is 1.50. The molecule has 0 bridgehead atoms. The van der Waals surface area contributed by atoms with Gasteiger partial charge in [-0.3, -0.25) is 14.4 Å². The van der Waals surface area contributed by atoms with Crippen molar-refractivity contribution in [3.8, 4) is 0 Å². The average Bonchev–Trinajstić information content (AvgIpc) is 3.46. The third kappa shape index (κ3) is 3.91. The number of nitrogens with zero attached hydrogens (tertiary/aromatic N) is 1. The number of anilines is 3. The molecule has 0 aromatic heterocycles. The number of rotatable bonds is 5. The van der Waals surface area contributed by atoms with Gasteiger partial charge in [0.05, 0.1) is 0 Å². The third-order valence-electron chi connectivity index (χ3n) is 5.19. The van der Waals surface area contributed by atoms with Crippen LogP contribution in [-0.4, -0.2) is 24.3 Å². The minimum atomic E-state index is -0.248. The summed E-state index contributed by atoms with van der Waals surface area (Å²) in [5.74, 6) is -0.00531. The fraction of sp³-hybridized carbons (Fsp3) is 0.318. The molecule has 1 saturated carbocycles. The van der Waals surface area contributed by atoms with Gasteiger partial charge >= 0.3 is 0 Å². The van der Waals surface area contributed by atoms with E-state index in [9.17, 15) is 14.4 Å². The van der Waals surface area contributed by atoms with E-state index in [4.69, 9.17) is 0 Å². The Kier molecular flexibility index (Phi) is 4.86. The zero-order valence-electron chi connectivity index (χ0n) is 15.8. The summed E-state index contributed by atoms with van der Waals surface area (Å²) < 4.78 is 0. The normalized spacial score (nSPS) is 16.2. The van der Waals surface area contributed by atoms with Crippen LogP contribution in [0, 0.1) is 12.8 Å². The number of hydrogen-bond acceptors (Lipinski definition) is 3. The van der Waals surface area contributed by atoms with Crippen molar-refractivity contribution in [1.82, 2.24) is 0 Å². The minimum absolute atomic E-state index is 0.0316. The van der Waals surface area contributed by atoms with Gasteiger partial charge in [0, 0.05) is 41.5 Å². The van der Waals surface area contributed by atoms with Crippen molar-refractivity contribution in [2.75, 3.05) is 22.1 Å².